The second kappa shape index (κ2) is 8.18. The lowest BCUT2D eigenvalue weighted by atomic mass is 9.94. The van der Waals surface area contributed by atoms with Gasteiger partial charge in [0.05, 0.1) is 0 Å². The highest BCUT2D eigenvalue weighted by molar-refractivity contribution is 5.92. The van der Waals surface area contributed by atoms with Crippen LogP contribution in [0.5, 0.6) is 0 Å². The van der Waals surface area contributed by atoms with Gasteiger partial charge in [0.2, 0.25) is 0 Å². The molecule has 0 radical (unpaired) electrons. The second-order valence-electron chi connectivity index (χ2n) is 6.70. The quantitative estimate of drug-likeness (QED) is 0.536. The number of aliphatic hydroxyl groups excluding tert-OH is 1. The van der Waals surface area contributed by atoms with Crippen LogP contribution in [0.3, 0.4) is 0 Å². The molecule has 4 heteroatoms. The Hall–Kier alpha value is -1.55. The van der Waals surface area contributed by atoms with E-state index in [1.54, 1.807) is 0 Å². The first-order valence-electron chi connectivity index (χ1n) is 8.38. The molecule has 0 aliphatic heterocycles. The molecule has 1 aliphatic carbocycles. The molecule has 122 valence electrons. The van der Waals surface area contributed by atoms with Crippen molar-refractivity contribution in [1.82, 2.24) is 0 Å². The fraction of sp³-hybridized carbons (Fsp3) is 0.611. The summed E-state index contributed by atoms with van der Waals surface area (Å²) in [6.45, 7) is 5.27. The second-order valence-corrected chi connectivity index (χ2v) is 6.70. The summed E-state index contributed by atoms with van der Waals surface area (Å²) >= 11 is 0. The Balaban J connectivity index is 1.91. The largest absolute Gasteiger partial charge is 0.396 e. The zero-order valence-corrected chi connectivity index (χ0v) is 13.8. The van der Waals surface area contributed by atoms with Gasteiger partial charge in [-0.1, -0.05) is 19.9 Å². The number of hydrogen-bond acceptors (Lipinski definition) is 2. The van der Waals surface area contributed by atoms with Gasteiger partial charge in [0.1, 0.15) is 0 Å². The molecule has 22 heavy (non-hydrogen) atoms. The van der Waals surface area contributed by atoms with Crippen LogP contribution in [-0.4, -0.2) is 24.2 Å². The number of fused-ring (bicyclic) bond motifs is 1. The fourth-order valence-corrected chi connectivity index (χ4v) is 3.20. The average molecular weight is 303 g/mol. The highest BCUT2D eigenvalue weighted by atomic mass is 16.3. The summed E-state index contributed by atoms with van der Waals surface area (Å²) in [7, 11) is 0. The molecule has 4 nitrogen and oxygen atoms in total. The number of rotatable bonds is 7. The number of anilines is 1. The van der Waals surface area contributed by atoms with Crippen LogP contribution in [0.25, 0.3) is 0 Å². The van der Waals surface area contributed by atoms with E-state index in [9.17, 15) is 0 Å². The van der Waals surface area contributed by atoms with Gasteiger partial charge in [0.25, 0.3) is 0 Å². The van der Waals surface area contributed by atoms with Gasteiger partial charge in [-0.15, -0.1) is 0 Å². The van der Waals surface area contributed by atoms with Gasteiger partial charge < -0.3 is 16.2 Å². The lowest BCUT2D eigenvalue weighted by Gasteiger charge is -2.16. The Morgan fingerprint density at radius 3 is 2.82 bits per heavy atom. The summed E-state index contributed by atoms with van der Waals surface area (Å²) in [4.78, 5) is 4.46. The Labute approximate surface area is 133 Å². The lowest BCUT2D eigenvalue weighted by Crippen LogP contribution is -2.24. The molecule has 1 aliphatic rings. The highest BCUT2D eigenvalue weighted by Gasteiger charge is 2.12. The van der Waals surface area contributed by atoms with E-state index in [2.05, 4.69) is 42.4 Å². The van der Waals surface area contributed by atoms with Crippen molar-refractivity contribution in [2.45, 2.75) is 46.0 Å². The maximum atomic E-state index is 9.14. The van der Waals surface area contributed by atoms with Crippen LogP contribution in [0.2, 0.25) is 0 Å². The van der Waals surface area contributed by atoms with Gasteiger partial charge in [0.15, 0.2) is 5.96 Å². The van der Waals surface area contributed by atoms with E-state index in [1.165, 1.54) is 24.0 Å². The number of benzene rings is 1. The van der Waals surface area contributed by atoms with Crippen LogP contribution >= 0.6 is 0 Å². The molecule has 4 N–H and O–H groups in total. The molecule has 1 atom stereocenters. The Morgan fingerprint density at radius 2 is 2.09 bits per heavy atom. The first-order chi connectivity index (χ1) is 10.6. The third-order valence-electron chi connectivity index (χ3n) is 4.23. The highest BCUT2D eigenvalue weighted by Crippen LogP contribution is 2.24. The number of nitrogens with one attached hydrogen (secondary N) is 1. The zero-order valence-electron chi connectivity index (χ0n) is 13.8. The van der Waals surface area contributed by atoms with Crippen LogP contribution in [0.4, 0.5) is 5.69 Å². The minimum absolute atomic E-state index is 0.213. The van der Waals surface area contributed by atoms with E-state index in [4.69, 9.17) is 10.8 Å². The van der Waals surface area contributed by atoms with Gasteiger partial charge in [-0.25, -0.2) is 0 Å². The Bertz CT molecular complexity index is 511. The van der Waals surface area contributed by atoms with Crippen LogP contribution < -0.4 is 11.1 Å². The molecule has 1 aromatic carbocycles. The number of hydrogen-bond donors (Lipinski definition) is 3. The van der Waals surface area contributed by atoms with Crippen molar-refractivity contribution in [3.63, 3.8) is 0 Å². The predicted molar refractivity (Wildman–Crippen MR) is 93.2 cm³/mol. The summed E-state index contributed by atoms with van der Waals surface area (Å²) in [6, 6.07) is 6.45. The molecular weight excluding hydrogens is 274 g/mol. The summed E-state index contributed by atoms with van der Waals surface area (Å²) < 4.78 is 0. The van der Waals surface area contributed by atoms with E-state index in [-0.39, 0.29) is 6.61 Å². The predicted octanol–water partition coefficient (Wildman–Crippen LogP) is 2.95. The first kappa shape index (κ1) is 16.8. The van der Waals surface area contributed by atoms with Crippen LogP contribution in [0, 0.1) is 11.8 Å². The van der Waals surface area contributed by atoms with Crippen molar-refractivity contribution in [3.8, 4) is 0 Å². The molecule has 1 aromatic rings. The topological polar surface area (TPSA) is 70.6 Å². The van der Waals surface area contributed by atoms with Crippen LogP contribution in [0.15, 0.2) is 23.2 Å². The van der Waals surface area contributed by atoms with E-state index >= 15 is 0 Å². The van der Waals surface area contributed by atoms with Gasteiger partial charge >= 0.3 is 0 Å². The minimum Gasteiger partial charge on any atom is -0.396 e. The first-order valence-corrected chi connectivity index (χ1v) is 8.38. The minimum atomic E-state index is 0.213. The van der Waals surface area contributed by atoms with E-state index < -0.39 is 0 Å². The van der Waals surface area contributed by atoms with E-state index in [0.717, 1.165) is 24.9 Å². The van der Waals surface area contributed by atoms with Gasteiger partial charge in [-0.3, -0.25) is 4.99 Å². The van der Waals surface area contributed by atoms with Crippen molar-refractivity contribution in [1.29, 1.82) is 0 Å². The van der Waals surface area contributed by atoms with Crippen LogP contribution in [-0.2, 0) is 12.8 Å². The summed E-state index contributed by atoms with van der Waals surface area (Å²) in [5, 5.41) is 12.3. The Kier molecular flexibility index (Phi) is 6.25. The normalized spacial score (nSPS) is 15.9. The number of aryl methyl sites for hydroxylation is 2. The van der Waals surface area contributed by atoms with Gasteiger partial charge in [-0.2, -0.15) is 0 Å². The Morgan fingerprint density at radius 1 is 1.32 bits per heavy atom. The smallest absolute Gasteiger partial charge is 0.193 e. The molecule has 0 fully saturated rings. The lowest BCUT2D eigenvalue weighted by molar-refractivity contribution is 0.246. The monoisotopic (exact) mass is 303 g/mol. The van der Waals surface area contributed by atoms with Crippen molar-refractivity contribution >= 4 is 11.6 Å². The van der Waals surface area contributed by atoms with Crippen molar-refractivity contribution in [2.75, 3.05) is 18.5 Å². The number of aliphatic hydroxyl groups is 1. The van der Waals surface area contributed by atoms with Crippen molar-refractivity contribution in [3.05, 3.63) is 29.3 Å². The van der Waals surface area contributed by atoms with Crippen molar-refractivity contribution < 1.29 is 5.11 Å². The third kappa shape index (κ3) is 5.02. The number of guanidine groups is 1. The third-order valence-corrected chi connectivity index (χ3v) is 4.23. The number of nitrogens with zero attached hydrogens (tertiary/aromatic N) is 1. The molecule has 0 saturated carbocycles. The maximum Gasteiger partial charge on any atom is 0.193 e. The molecule has 0 amide bonds. The molecule has 0 heterocycles. The van der Waals surface area contributed by atoms with Crippen LogP contribution in [0.1, 0.15) is 44.2 Å². The maximum absolute atomic E-state index is 9.14. The molecule has 0 saturated heterocycles. The number of nitrogens with two attached hydrogens (primary N) is 1. The van der Waals surface area contributed by atoms with Crippen molar-refractivity contribution in [2.24, 2.45) is 22.6 Å². The number of aliphatic imine (C=N–C) groups is 1. The zero-order chi connectivity index (χ0) is 15.9. The van der Waals surface area contributed by atoms with E-state index in [1.807, 2.05) is 0 Å². The van der Waals surface area contributed by atoms with E-state index in [0.29, 0.717) is 24.3 Å². The molecule has 0 spiro atoms. The molecular formula is C18H29N3O. The standard InChI is InChI=1S/C18H29N3O/c1-13(2)10-14(8-9-22)12-20-18(19)21-17-7-6-15-4-3-5-16(15)11-17/h6-7,11,13-14,22H,3-5,8-10,12H2,1-2H3,(H3,19,20,21). The van der Waals surface area contributed by atoms with Gasteiger partial charge in [0, 0.05) is 18.8 Å². The summed E-state index contributed by atoms with van der Waals surface area (Å²) in [5.41, 5.74) is 9.91. The molecule has 0 aromatic heterocycles. The fourth-order valence-electron chi connectivity index (χ4n) is 3.20. The van der Waals surface area contributed by atoms with Gasteiger partial charge in [-0.05, 0) is 67.2 Å². The average Bonchev–Trinajstić information content (AvgIpc) is 2.92. The summed E-state index contributed by atoms with van der Waals surface area (Å²) in [5.74, 6) is 1.47. The molecule has 2 rings (SSSR count). The summed E-state index contributed by atoms with van der Waals surface area (Å²) in [6.07, 6.45) is 5.45. The molecule has 1 unspecified atom stereocenters. The molecule has 0 bridgehead atoms. The SMILES string of the molecule is CC(C)CC(CCO)CN=C(N)Nc1ccc2c(c1)CCC2.